The normalized spacial score (nSPS) is 15.4. The molecule has 1 aliphatic carbocycles. The fraction of sp³-hybridized carbons (Fsp3) is 0.474. The summed E-state index contributed by atoms with van der Waals surface area (Å²) in [6.07, 6.45) is 8.35. The molecule has 3 rings (SSSR count). The molecule has 0 atom stereocenters. The lowest BCUT2D eigenvalue weighted by Crippen LogP contribution is -2.11. The quantitative estimate of drug-likeness (QED) is 0.462. The van der Waals surface area contributed by atoms with Crippen LogP contribution in [-0.4, -0.2) is 33.7 Å². The molecule has 0 spiro atoms. The van der Waals surface area contributed by atoms with Crippen molar-refractivity contribution in [2.45, 2.75) is 51.4 Å². The molecule has 0 aliphatic heterocycles. The second-order valence-corrected chi connectivity index (χ2v) is 6.89. The van der Waals surface area contributed by atoms with Crippen molar-refractivity contribution >= 4 is 24.4 Å². The Labute approximate surface area is 158 Å². The monoisotopic (exact) mass is 372 g/mol. The topological polar surface area (TPSA) is 72.3 Å². The largest absolute Gasteiger partial charge is 0.462 e. The van der Waals surface area contributed by atoms with E-state index in [-0.39, 0.29) is 5.97 Å². The Morgan fingerprint density at radius 1 is 1.38 bits per heavy atom. The number of aromatic nitrogens is 3. The van der Waals surface area contributed by atoms with Crippen molar-refractivity contribution in [3.8, 4) is 0 Å². The lowest BCUT2D eigenvalue weighted by atomic mass is 9.89. The van der Waals surface area contributed by atoms with Gasteiger partial charge in [0.15, 0.2) is 5.82 Å². The lowest BCUT2D eigenvalue weighted by Gasteiger charge is -2.19. The van der Waals surface area contributed by atoms with Crippen LogP contribution in [0.1, 0.15) is 73.1 Å². The predicted molar refractivity (Wildman–Crippen MR) is 103 cm³/mol. The van der Waals surface area contributed by atoms with E-state index in [0.29, 0.717) is 28.4 Å². The van der Waals surface area contributed by atoms with Crippen LogP contribution in [0.5, 0.6) is 0 Å². The van der Waals surface area contributed by atoms with Crippen LogP contribution < -0.4 is 0 Å². The SMILES string of the molecule is CCCOC(=O)c1ccccc1/C=N\n1c(C2CCCCC2)n[nH]c1=S. The highest BCUT2D eigenvalue weighted by molar-refractivity contribution is 7.71. The summed E-state index contributed by atoms with van der Waals surface area (Å²) in [6.45, 7) is 2.37. The summed E-state index contributed by atoms with van der Waals surface area (Å²) in [7, 11) is 0. The van der Waals surface area contributed by atoms with Gasteiger partial charge in [-0.3, -0.25) is 5.10 Å². The molecule has 26 heavy (non-hydrogen) atoms. The minimum Gasteiger partial charge on any atom is -0.462 e. The van der Waals surface area contributed by atoms with Gasteiger partial charge in [0.05, 0.1) is 18.4 Å². The second-order valence-electron chi connectivity index (χ2n) is 6.50. The predicted octanol–water partition coefficient (Wildman–Crippen LogP) is 4.44. The third-order valence-electron chi connectivity index (χ3n) is 4.58. The maximum atomic E-state index is 12.2. The van der Waals surface area contributed by atoms with Gasteiger partial charge in [-0.1, -0.05) is 44.4 Å². The van der Waals surface area contributed by atoms with E-state index in [1.165, 1.54) is 19.3 Å². The van der Waals surface area contributed by atoms with Gasteiger partial charge in [0.1, 0.15) is 0 Å². The zero-order chi connectivity index (χ0) is 18.4. The molecule has 0 bridgehead atoms. The average molecular weight is 372 g/mol. The smallest absolute Gasteiger partial charge is 0.338 e. The van der Waals surface area contributed by atoms with Crippen LogP contribution in [0.2, 0.25) is 0 Å². The Bertz CT molecular complexity index is 834. The van der Waals surface area contributed by atoms with Crippen molar-refractivity contribution < 1.29 is 9.53 Å². The van der Waals surface area contributed by atoms with E-state index in [2.05, 4.69) is 15.3 Å². The van der Waals surface area contributed by atoms with Crippen molar-refractivity contribution in [3.05, 3.63) is 46.0 Å². The molecule has 1 saturated carbocycles. The van der Waals surface area contributed by atoms with Gasteiger partial charge in [0, 0.05) is 11.5 Å². The molecule has 1 heterocycles. The molecule has 1 fully saturated rings. The first-order chi connectivity index (χ1) is 12.7. The molecule has 1 N–H and O–H groups in total. The van der Waals surface area contributed by atoms with Crippen LogP contribution in [-0.2, 0) is 4.74 Å². The van der Waals surface area contributed by atoms with Crippen LogP contribution in [0, 0.1) is 4.77 Å². The number of nitrogens with one attached hydrogen (secondary N) is 1. The van der Waals surface area contributed by atoms with Crippen molar-refractivity contribution in [1.29, 1.82) is 0 Å². The maximum Gasteiger partial charge on any atom is 0.338 e. The third-order valence-corrected chi connectivity index (χ3v) is 4.84. The van der Waals surface area contributed by atoms with Gasteiger partial charge in [-0.15, -0.1) is 0 Å². The summed E-state index contributed by atoms with van der Waals surface area (Å²) >= 11 is 5.34. The average Bonchev–Trinajstić information content (AvgIpc) is 3.06. The third kappa shape index (κ3) is 4.27. The molecule has 0 amide bonds. The number of esters is 1. The summed E-state index contributed by atoms with van der Waals surface area (Å²) < 4.78 is 7.40. The highest BCUT2D eigenvalue weighted by Gasteiger charge is 2.21. The minimum atomic E-state index is -0.336. The van der Waals surface area contributed by atoms with Crippen LogP contribution >= 0.6 is 12.2 Å². The second kappa shape index (κ2) is 8.89. The molecule has 1 aromatic heterocycles. The van der Waals surface area contributed by atoms with Crippen LogP contribution in [0.4, 0.5) is 0 Å². The molecule has 0 unspecified atom stereocenters. The van der Waals surface area contributed by atoms with E-state index in [4.69, 9.17) is 17.0 Å². The molecule has 1 aliphatic rings. The van der Waals surface area contributed by atoms with Gasteiger partial charge in [-0.05, 0) is 37.5 Å². The first kappa shape index (κ1) is 18.5. The number of carbonyl (C=O) groups excluding carboxylic acids is 1. The molecule has 1 aromatic carbocycles. The van der Waals surface area contributed by atoms with Gasteiger partial charge >= 0.3 is 5.97 Å². The molecule has 6 nitrogen and oxygen atoms in total. The number of aromatic amines is 1. The fourth-order valence-electron chi connectivity index (χ4n) is 3.23. The Morgan fingerprint density at radius 3 is 2.92 bits per heavy atom. The van der Waals surface area contributed by atoms with Crippen LogP contribution in [0.3, 0.4) is 0 Å². The summed E-state index contributed by atoms with van der Waals surface area (Å²) in [5.74, 6) is 0.910. The van der Waals surface area contributed by atoms with Gasteiger partial charge in [-0.2, -0.15) is 14.9 Å². The number of rotatable bonds is 6. The maximum absolute atomic E-state index is 12.2. The van der Waals surface area contributed by atoms with Crippen LogP contribution in [0.25, 0.3) is 0 Å². The Hall–Kier alpha value is -2.28. The fourth-order valence-corrected chi connectivity index (χ4v) is 3.41. The number of nitrogens with zero attached hydrogens (tertiary/aromatic N) is 3. The summed E-state index contributed by atoms with van der Waals surface area (Å²) in [6, 6.07) is 7.28. The Balaban J connectivity index is 1.86. The van der Waals surface area contributed by atoms with Gasteiger partial charge in [-0.25, -0.2) is 4.79 Å². The molecule has 2 aromatic rings. The summed E-state index contributed by atoms with van der Waals surface area (Å²) in [5.41, 5.74) is 1.20. The van der Waals surface area contributed by atoms with E-state index < -0.39 is 0 Å². The number of carbonyl (C=O) groups is 1. The van der Waals surface area contributed by atoms with E-state index in [0.717, 1.165) is 25.1 Å². The van der Waals surface area contributed by atoms with Gasteiger partial charge in [0.25, 0.3) is 0 Å². The summed E-state index contributed by atoms with van der Waals surface area (Å²) in [5, 5.41) is 11.8. The van der Waals surface area contributed by atoms with Crippen LogP contribution in [0.15, 0.2) is 29.4 Å². The Morgan fingerprint density at radius 2 is 2.15 bits per heavy atom. The number of ether oxygens (including phenoxy) is 1. The highest BCUT2D eigenvalue weighted by Crippen LogP contribution is 2.31. The standard InChI is InChI=1S/C19H24N4O2S/c1-2-12-25-18(24)16-11-7-6-10-15(16)13-20-23-17(21-22-19(23)26)14-8-4-3-5-9-14/h6-7,10-11,13-14H,2-5,8-9,12H2,1H3,(H,22,26)/b20-13-. The van der Waals surface area contributed by atoms with Crippen molar-refractivity contribution in [3.63, 3.8) is 0 Å². The molecule has 0 radical (unpaired) electrons. The van der Waals surface area contributed by atoms with Crippen molar-refractivity contribution in [2.75, 3.05) is 6.61 Å². The number of hydrogen-bond acceptors (Lipinski definition) is 5. The molecule has 138 valence electrons. The van der Waals surface area contributed by atoms with E-state index in [1.807, 2.05) is 25.1 Å². The Kier molecular flexibility index (Phi) is 6.33. The van der Waals surface area contributed by atoms with E-state index >= 15 is 0 Å². The first-order valence-electron chi connectivity index (χ1n) is 9.18. The number of benzene rings is 1. The van der Waals surface area contributed by atoms with Crippen molar-refractivity contribution in [1.82, 2.24) is 14.9 Å². The zero-order valence-corrected chi connectivity index (χ0v) is 15.8. The highest BCUT2D eigenvalue weighted by atomic mass is 32.1. The van der Waals surface area contributed by atoms with Crippen molar-refractivity contribution in [2.24, 2.45) is 5.10 Å². The molecular formula is C19H24N4O2S. The lowest BCUT2D eigenvalue weighted by molar-refractivity contribution is 0.0505. The summed E-state index contributed by atoms with van der Waals surface area (Å²) in [4.78, 5) is 12.2. The minimum absolute atomic E-state index is 0.336. The molecule has 7 heteroatoms. The number of hydrogen-bond donors (Lipinski definition) is 1. The van der Waals surface area contributed by atoms with Gasteiger partial charge in [0.2, 0.25) is 4.77 Å². The van der Waals surface area contributed by atoms with Gasteiger partial charge < -0.3 is 4.74 Å². The van der Waals surface area contributed by atoms with E-state index in [1.54, 1.807) is 17.0 Å². The number of H-pyrrole nitrogens is 1. The molecule has 0 saturated heterocycles. The van der Waals surface area contributed by atoms with E-state index in [9.17, 15) is 4.79 Å². The zero-order valence-electron chi connectivity index (χ0n) is 15.0. The molecular weight excluding hydrogens is 348 g/mol. The first-order valence-corrected chi connectivity index (χ1v) is 9.59.